The first-order valence-corrected chi connectivity index (χ1v) is 10.1. The topological polar surface area (TPSA) is 6.48 Å². The summed E-state index contributed by atoms with van der Waals surface area (Å²) in [6, 6.07) is 0. The van der Waals surface area contributed by atoms with Crippen molar-refractivity contribution >= 4 is 37.2 Å². The number of rotatable bonds is 1. The van der Waals surface area contributed by atoms with Crippen LogP contribution in [0.2, 0.25) is 0 Å². The number of nitrogens with zero attached hydrogens (tertiary/aromatic N) is 2. The molecule has 1 heterocycles. The first-order valence-electron chi connectivity index (χ1n) is 3.80. The molecule has 93 valence electrons. The summed E-state index contributed by atoms with van der Waals surface area (Å²) >= 11 is 4.24. The van der Waals surface area contributed by atoms with Crippen molar-refractivity contribution < 1.29 is 53.8 Å². The molecule has 0 unspecified atom stereocenters. The molecule has 1 radical (unpaired) electrons. The normalized spacial score (nSPS) is 12.2. The third-order valence-corrected chi connectivity index (χ3v) is 1.46. The van der Waals surface area contributed by atoms with E-state index in [9.17, 15) is 0 Å². The molecule has 0 aromatic rings. The molecular formula is C9H21I2N2WY-3. The van der Waals surface area contributed by atoms with Crippen LogP contribution in [-0.4, -0.2) is 43.5 Å². The molecule has 0 amide bonds. The van der Waals surface area contributed by atoms with Crippen LogP contribution >= 0.6 is 37.2 Å². The Hall–Kier alpha value is 3.17. The van der Waals surface area contributed by atoms with E-state index in [0.717, 1.165) is 6.54 Å². The van der Waals surface area contributed by atoms with Crippen LogP contribution in [0.1, 0.15) is 6.42 Å². The van der Waals surface area contributed by atoms with Crippen LogP contribution in [0.25, 0.3) is 0 Å². The summed E-state index contributed by atoms with van der Waals surface area (Å²) in [4.78, 5) is 4.07. The minimum atomic E-state index is 0. The van der Waals surface area contributed by atoms with Gasteiger partial charge in [-0.05, 0) is 33.6 Å². The monoisotopic (exact) mass is 684 g/mol. The smallest absolute Gasteiger partial charge is 0 e. The fraction of sp³-hybridized carbons (Fsp3) is 0.667. The van der Waals surface area contributed by atoms with Crippen molar-refractivity contribution in [1.82, 2.24) is 9.80 Å². The van der Waals surface area contributed by atoms with Crippen LogP contribution in [0.4, 0.5) is 0 Å². The second-order valence-electron chi connectivity index (χ2n) is 2.74. The van der Waals surface area contributed by atoms with Gasteiger partial charge in [0.25, 0.3) is 0 Å². The van der Waals surface area contributed by atoms with E-state index in [2.05, 4.69) is 63.2 Å². The predicted molar refractivity (Wildman–Crippen MR) is 79.9 cm³/mol. The van der Waals surface area contributed by atoms with Crippen molar-refractivity contribution in [2.24, 2.45) is 0 Å². The van der Waals surface area contributed by atoms with E-state index >= 15 is 0 Å². The van der Waals surface area contributed by atoms with Gasteiger partial charge < -0.3 is 24.2 Å². The maximum absolute atomic E-state index is 3.55. The third-order valence-electron chi connectivity index (χ3n) is 1.46. The van der Waals surface area contributed by atoms with Gasteiger partial charge in [-0.3, -0.25) is 7.05 Å². The van der Waals surface area contributed by atoms with E-state index in [1.807, 2.05) is 7.05 Å². The van der Waals surface area contributed by atoms with Crippen LogP contribution in [0.5, 0.6) is 0 Å². The molecule has 0 bridgehead atoms. The molecule has 1 aliphatic rings. The molecule has 1 aliphatic heterocycles. The van der Waals surface area contributed by atoms with Crippen LogP contribution in [-0.2, 0) is 53.8 Å². The van der Waals surface area contributed by atoms with Crippen molar-refractivity contribution in [3.05, 3.63) is 21.4 Å². The standard InChI is InChI=1S/2C4H9N.CH3.I2.W.Y/c1-5-3-2-4-5;1-4-5(2)3;;1-2;;/h2-4H2,1H3;1-2,4H2,3H3;1H3;;;/q;-2;-1;;;. The molecule has 6 heteroatoms. The van der Waals surface area contributed by atoms with Gasteiger partial charge in [-0.25, -0.2) is 0 Å². The van der Waals surface area contributed by atoms with Crippen molar-refractivity contribution in [1.29, 1.82) is 0 Å². The predicted octanol–water partition coefficient (Wildman–Crippen LogP) is 3.08. The zero-order valence-electron chi connectivity index (χ0n) is 9.88. The summed E-state index contributed by atoms with van der Waals surface area (Å²) in [6.45, 7) is 6.97. The van der Waals surface area contributed by atoms with Crippen molar-refractivity contribution in [3.8, 4) is 0 Å². The van der Waals surface area contributed by atoms with Crippen LogP contribution in [0, 0.1) is 21.4 Å². The largest absolute Gasteiger partial charge is 0.487 e. The van der Waals surface area contributed by atoms with Gasteiger partial charge in [-0.2, -0.15) is 6.54 Å². The van der Waals surface area contributed by atoms with Gasteiger partial charge in [0.15, 0.2) is 0 Å². The molecule has 0 aromatic heterocycles. The SMILES string of the molecule is CN1CCC1.II.[CH2-]CN([CH2-])C.[CH3-].[W].[Y]. The first-order chi connectivity index (χ1) is 5.66. The van der Waals surface area contributed by atoms with E-state index in [1.54, 1.807) is 4.90 Å². The Morgan fingerprint density at radius 1 is 1.33 bits per heavy atom. The second kappa shape index (κ2) is 25.9. The van der Waals surface area contributed by atoms with Crippen LogP contribution in [0.15, 0.2) is 0 Å². The molecule has 2 nitrogen and oxygen atoms in total. The average Bonchev–Trinajstić information content (AvgIpc) is 2.05. The summed E-state index contributed by atoms with van der Waals surface area (Å²) in [7, 11) is 7.55. The maximum atomic E-state index is 3.55. The van der Waals surface area contributed by atoms with E-state index < -0.39 is 0 Å². The zero-order valence-corrected chi connectivity index (χ0v) is 20.0. The van der Waals surface area contributed by atoms with Crippen molar-refractivity contribution in [2.45, 2.75) is 6.42 Å². The van der Waals surface area contributed by atoms with Gasteiger partial charge in [0, 0.05) is 91.0 Å². The summed E-state index contributed by atoms with van der Waals surface area (Å²) in [5.74, 6) is 0. The van der Waals surface area contributed by atoms with Gasteiger partial charge >= 0.3 is 0 Å². The summed E-state index contributed by atoms with van der Waals surface area (Å²) in [5, 5.41) is 0. The maximum Gasteiger partial charge on any atom is 0 e. The quantitative estimate of drug-likeness (QED) is 0.310. The molecule has 0 aliphatic carbocycles. The molecule has 15 heavy (non-hydrogen) atoms. The van der Waals surface area contributed by atoms with Gasteiger partial charge in [0.05, 0.1) is 0 Å². The molecule has 0 spiro atoms. The summed E-state index contributed by atoms with van der Waals surface area (Å²) in [5.41, 5.74) is 0. The third kappa shape index (κ3) is 31.7. The first kappa shape index (κ1) is 30.9. The minimum Gasteiger partial charge on any atom is -0.487 e. The Morgan fingerprint density at radius 3 is 1.53 bits per heavy atom. The number of halogens is 2. The number of hydrogen-bond acceptors (Lipinski definition) is 2. The number of hydrogen-bond donors (Lipinski definition) is 0. The van der Waals surface area contributed by atoms with Crippen molar-refractivity contribution in [3.63, 3.8) is 0 Å². The van der Waals surface area contributed by atoms with Gasteiger partial charge in [0.2, 0.25) is 0 Å². The van der Waals surface area contributed by atoms with Gasteiger partial charge in [0.1, 0.15) is 0 Å². The Bertz CT molecular complexity index is 82.5. The van der Waals surface area contributed by atoms with Gasteiger partial charge in [-0.15, -0.1) is 0 Å². The van der Waals surface area contributed by atoms with Crippen molar-refractivity contribution in [2.75, 3.05) is 33.7 Å². The molecule has 0 aromatic carbocycles. The minimum absolute atomic E-state index is 0. The van der Waals surface area contributed by atoms with Gasteiger partial charge in [-0.1, -0.05) is 0 Å². The van der Waals surface area contributed by atoms with E-state index in [0.29, 0.717) is 0 Å². The Balaban J connectivity index is -0.0000000326. The fourth-order valence-electron chi connectivity index (χ4n) is 0.474. The molecule has 1 fully saturated rings. The second-order valence-corrected chi connectivity index (χ2v) is 2.74. The molecule has 0 saturated carbocycles. The fourth-order valence-corrected chi connectivity index (χ4v) is 0.474. The van der Waals surface area contributed by atoms with E-state index in [-0.39, 0.29) is 61.2 Å². The Kier molecular flexibility index (Phi) is 53.3. The number of likely N-dealkylation sites (tertiary alicyclic amines) is 1. The molecule has 1 saturated heterocycles. The average molecular weight is 684 g/mol. The molecule has 0 atom stereocenters. The summed E-state index contributed by atoms with van der Waals surface area (Å²) < 4.78 is 0. The van der Waals surface area contributed by atoms with E-state index in [1.165, 1.54) is 19.5 Å². The molecular weight excluding hydrogens is 663 g/mol. The molecule has 1 rings (SSSR count). The summed E-state index contributed by atoms with van der Waals surface area (Å²) in [6.07, 6.45) is 1.41. The van der Waals surface area contributed by atoms with Crippen LogP contribution in [0.3, 0.4) is 0 Å². The van der Waals surface area contributed by atoms with E-state index in [4.69, 9.17) is 0 Å². The zero-order chi connectivity index (χ0) is 9.98. The Morgan fingerprint density at radius 2 is 1.53 bits per heavy atom. The van der Waals surface area contributed by atoms with Crippen LogP contribution < -0.4 is 0 Å². The molecule has 0 N–H and O–H groups in total. The Labute approximate surface area is 160 Å².